The molecule has 1 fully saturated rings. The molecule has 0 unspecified atom stereocenters. The number of hydrogen-bond donors (Lipinski definition) is 2. The predicted octanol–water partition coefficient (Wildman–Crippen LogP) is 2.30. The lowest BCUT2D eigenvalue weighted by Crippen LogP contribution is -2.47. The summed E-state index contributed by atoms with van der Waals surface area (Å²) < 4.78 is 4.69. The van der Waals surface area contributed by atoms with Gasteiger partial charge in [-0.1, -0.05) is 38.8 Å². The third-order valence-electron chi connectivity index (χ3n) is 4.51. The molecule has 0 atom stereocenters. The van der Waals surface area contributed by atoms with Gasteiger partial charge in [-0.15, -0.1) is 0 Å². The zero-order valence-corrected chi connectivity index (χ0v) is 15.8. The molecule has 2 rings (SSSR count). The molecule has 27 heavy (non-hydrogen) atoms. The summed E-state index contributed by atoms with van der Waals surface area (Å²) in [5.41, 5.74) is -0.489. The number of ether oxygens (including phenoxy) is 1. The SMILES string of the molecule is CCCC1(CCC)NC(=O)N(CC(=O)Nc2ccccc2C(=O)OC)C1=O. The third kappa shape index (κ3) is 4.27. The van der Waals surface area contributed by atoms with Crippen molar-refractivity contribution in [3.63, 3.8) is 0 Å². The van der Waals surface area contributed by atoms with Crippen molar-refractivity contribution in [2.45, 2.75) is 45.1 Å². The van der Waals surface area contributed by atoms with Gasteiger partial charge in [-0.25, -0.2) is 9.59 Å². The van der Waals surface area contributed by atoms with Gasteiger partial charge in [0.05, 0.1) is 18.4 Å². The summed E-state index contributed by atoms with van der Waals surface area (Å²) in [7, 11) is 1.25. The Balaban J connectivity index is 2.13. The van der Waals surface area contributed by atoms with E-state index in [9.17, 15) is 19.2 Å². The molecule has 1 aliphatic heterocycles. The topological polar surface area (TPSA) is 105 Å². The highest BCUT2D eigenvalue weighted by Crippen LogP contribution is 2.28. The maximum absolute atomic E-state index is 12.8. The first-order chi connectivity index (χ1) is 12.9. The van der Waals surface area contributed by atoms with Crippen LogP contribution in [0.25, 0.3) is 0 Å². The molecule has 8 nitrogen and oxygen atoms in total. The first-order valence-corrected chi connectivity index (χ1v) is 8.99. The fraction of sp³-hybridized carbons (Fsp3) is 0.474. The van der Waals surface area contributed by atoms with E-state index >= 15 is 0 Å². The fourth-order valence-corrected chi connectivity index (χ4v) is 3.35. The summed E-state index contributed by atoms with van der Waals surface area (Å²) in [6, 6.07) is 5.79. The molecule has 2 N–H and O–H groups in total. The number of para-hydroxylation sites is 1. The summed E-state index contributed by atoms with van der Waals surface area (Å²) in [5.74, 6) is -1.54. The van der Waals surface area contributed by atoms with Crippen LogP contribution >= 0.6 is 0 Å². The summed E-state index contributed by atoms with van der Waals surface area (Å²) in [6.45, 7) is 3.46. The Hall–Kier alpha value is -2.90. The monoisotopic (exact) mass is 375 g/mol. The molecule has 0 saturated carbocycles. The van der Waals surface area contributed by atoms with Crippen LogP contribution in [0.5, 0.6) is 0 Å². The molecule has 1 aromatic rings. The highest BCUT2D eigenvalue weighted by molar-refractivity contribution is 6.10. The Morgan fingerprint density at radius 1 is 1.15 bits per heavy atom. The molecule has 146 valence electrons. The number of hydrogen-bond acceptors (Lipinski definition) is 5. The number of anilines is 1. The number of benzene rings is 1. The van der Waals surface area contributed by atoms with Crippen molar-refractivity contribution in [2.75, 3.05) is 19.0 Å². The number of nitrogens with zero attached hydrogens (tertiary/aromatic N) is 1. The number of amides is 4. The van der Waals surface area contributed by atoms with Crippen molar-refractivity contribution in [2.24, 2.45) is 0 Å². The number of imide groups is 1. The number of nitrogens with one attached hydrogen (secondary N) is 2. The Kier molecular flexibility index (Phi) is 6.55. The van der Waals surface area contributed by atoms with E-state index in [1.807, 2.05) is 13.8 Å². The van der Waals surface area contributed by atoms with Gasteiger partial charge in [-0.05, 0) is 25.0 Å². The van der Waals surface area contributed by atoms with E-state index in [0.717, 1.165) is 17.7 Å². The molecule has 0 radical (unpaired) electrons. The van der Waals surface area contributed by atoms with Crippen molar-refractivity contribution >= 4 is 29.5 Å². The summed E-state index contributed by atoms with van der Waals surface area (Å²) >= 11 is 0. The Morgan fingerprint density at radius 2 is 1.78 bits per heavy atom. The van der Waals surface area contributed by atoms with E-state index < -0.39 is 30.0 Å². The smallest absolute Gasteiger partial charge is 0.339 e. The molecule has 0 aromatic heterocycles. The molecule has 0 bridgehead atoms. The van der Waals surface area contributed by atoms with Crippen LogP contribution in [0.1, 0.15) is 49.9 Å². The highest BCUT2D eigenvalue weighted by atomic mass is 16.5. The third-order valence-corrected chi connectivity index (χ3v) is 4.51. The van der Waals surface area contributed by atoms with Gasteiger partial charge in [-0.3, -0.25) is 14.5 Å². The lowest BCUT2D eigenvalue weighted by atomic mass is 9.88. The predicted molar refractivity (Wildman–Crippen MR) is 99.2 cm³/mol. The summed E-state index contributed by atoms with van der Waals surface area (Å²) in [4.78, 5) is 50.3. The minimum Gasteiger partial charge on any atom is -0.465 e. The van der Waals surface area contributed by atoms with E-state index in [1.54, 1.807) is 18.2 Å². The van der Waals surface area contributed by atoms with Crippen molar-refractivity contribution in [3.8, 4) is 0 Å². The van der Waals surface area contributed by atoms with Crippen molar-refractivity contribution in [1.29, 1.82) is 0 Å². The van der Waals surface area contributed by atoms with Gasteiger partial charge in [0.25, 0.3) is 5.91 Å². The van der Waals surface area contributed by atoms with Gasteiger partial charge in [0.2, 0.25) is 5.91 Å². The summed E-state index contributed by atoms with van der Waals surface area (Å²) in [5, 5.41) is 5.33. The Bertz CT molecular complexity index is 741. The molecular formula is C19H25N3O5. The molecule has 1 aliphatic rings. The maximum Gasteiger partial charge on any atom is 0.339 e. The number of rotatable bonds is 8. The van der Waals surface area contributed by atoms with Crippen LogP contribution < -0.4 is 10.6 Å². The van der Waals surface area contributed by atoms with E-state index in [-0.39, 0.29) is 17.2 Å². The van der Waals surface area contributed by atoms with Crippen LogP contribution in [0.3, 0.4) is 0 Å². The zero-order chi connectivity index (χ0) is 20.0. The number of urea groups is 1. The zero-order valence-electron chi connectivity index (χ0n) is 15.8. The van der Waals surface area contributed by atoms with Gasteiger partial charge in [0.15, 0.2) is 0 Å². The largest absolute Gasteiger partial charge is 0.465 e. The van der Waals surface area contributed by atoms with Crippen LogP contribution in [-0.2, 0) is 14.3 Å². The van der Waals surface area contributed by atoms with Crippen LogP contribution in [0.2, 0.25) is 0 Å². The van der Waals surface area contributed by atoms with Gasteiger partial charge >= 0.3 is 12.0 Å². The molecule has 1 heterocycles. The number of esters is 1. The molecule has 0 aliphatic carbocycles. The normalized spacial score (nSPS) is 15.4. The fourth-order valence-electron chi connectivity index (χ4n) is 3.35. The van der Waals surface area contributed by atoms with Gasteiger partial charge in [0.1, 0.15) is 12.1 Å². The summed E-state index contributed by atoms with van der Waals surface area (Å²) in [6.07, 6.45) is 2.51. The maximum atomic E-state index is 12.8. The average molecular weight is 375 g/mol. The highest BCUT2D eigenvalue weighted by Gasteiger charge is 2.50. The van der Waals surface area contributed by atoms with Crippen molar-refractivity contribution in [1.82, 2.24) is 10.2 Å². The quantitative estimate of drug-likeness (QED) is 0.536. The number of methoxy groups -OCH3 is 1. The lowest BCUT2D eigenvalue weighted by Gasteiger charge is -2.25. The standard InChI is InChI=1S/C19H25N3O5/c1-4-10-19(11-5-2)17(25)22(18(26)21-19)12-15(23)20-14-9-7-6-8-13(14)16(24)27-3/h6-9H,4-5,10-12H2,1-3H3,(H,20,23)(H,21,26). The molecular weight excluding hydrogens is 350 g/mol. The van der Waals surface area contributed by atoms with E-state index in [4.69, 9.17) is 0 Å². The minimum absolute atomic E-state index is 0.192. The average Bonchev–Trinajstić information content (AvgIpc) is 2.86. The van der Waals surface area contributed by atoms with Crippen molar-refractivity contribution in [3.05, 3.63) is 29.8 Å². The van der Waals surface area contributed by atoms with E-state index in [1.165, 1.54) is 13.2 Å². The minimum atomic E-state index is -0.940. The molecule has 1 saturated heterocycles. The molecule has 0 spiro atoms. The first kappa shape index (κ1) is 20.4. The van der Waals surface area contributed by atoms with Crippen LogP contribution in [0.4, 0.5) is 10.5 Å². The molecule has 1 aromatic carbocycles. The second kappa shape index (κ2) is 8.66. The van der Waals surface area contributed by atoms with E-state index in [2.05, 4.69) is 15.4 Å². The van der Waals surface area contributed by atoms with E-state index in [0.29, 0.717) is 12.8 Å². The van der Waals surface area contributed by atoms with Gasteiger partial charge in [-0.2, -0.15) is 0 Å². The molecule has 8 heteroatoms. The number of carbonyl (C=O) groups is 4. The first-order valence-electron chi connectivity index (χ1n) is 8.99. The second-order valence-electron chi connectivity index (χ2n) is 6.49. The Morgan fingerprint density at radius 3 is 2.37 bits per heavy atom. The number of carbonyl (C=O) groups excluding carboxylic acids is 4. The lowest BCUT2D eigenvalue weighted by molar-refractivity contribution is -0.134. The van der Waals surface area contributed by atoms with Gasteiger partial charge in [0, 0.05) is 0 Å². The molecule has 4 amide bonds. The second-order valence-corrected chi connectivity index (χ2v) is 6.49. The van der Waals surface area contributed by atoms with Crippen LogP contribution in [-0.4, -0.2) is 47.9 Å². The van der Waals surface area contributed by atoms with Crippen LogP contribution in [0, 0.1) is 0 Å². The van der Waals surface area contributed by atoms with Crippen molar-refractivity contribution < 1.29 is 23.9 Å². The van der Waals surface area contributed by atoms with Gasteiger partial charge < -0.3 is 15.4 Å². The Labute approximate surface area is 158 Å². The van der Waals surface area contributed by atoms with Crippen LogP contribution in [0.15, 0.2) is 24.3 Å².